The van der Waals surface area contributed by atoms with Gasteiger partial charge >= 0.3 is 5.97 Å². The second-order valence-electron chi connectivity index (χ2n) is 2.93. The Hall–Kier alpha value is -0.650. The molecule has 0 radical (unpaired) electrons. The smallest absolute Gasteiger partial charge is 0.302 e. The van der Waals surface area contributed by atoms with Crippen molar-refractivity contribution in [1.82, 2.24) is 0 Å². The SMILES string of the molecule is CC(=O)O[C@@H]1C[C@H](O)[C@@H](O)[C@H]1O. The monoisotopic (exact) mass is 176 g/mol. The summed E-state index contributed by atoms with van der Waals surface area (Å²) in [4.78, 5) is 10.5. The van der Waals surface area contributed by atoms with Crippen LogP contribution in [0.1, 0.15) is 13.3 Å². The average molecular weight is 176 g/mol. The molecule has 0 aromatic carbocycles. The second-order valence-corrected chi connectivity index (χ2v) is 2.93. The quantitative estimate of drug-likeness (QED) is 0.419. The van der Waals surface area contributed by atoms with Crippen molar-refractivity contribution in [2.24, 2.45) is 0 Å². The third-order valence-electron chi connectivity index (χ3n) is 1.92. The van der Waals surface area contributed by atoms with Gasteiger partial charge in [-0.15, -0.1) is 0 Å². The van der Waals surface area contributed by atoms with Crippen LogP contribution < -0.4 is 0 Å². The van der Waals surface area contributed by atoms with Gasteiger partial charge < -0.3 is 20.1 Å². The van der Waals surface area contributed by atoms with Crippen molar-refractivity contribution in [3.63, 3.8) is 0 Å². The third-order valence-corrected chi connectivity index (χ3v) is 1.92. The topological polar surface area (TPSA) is 87.0 Å². The Balaban J connectivity index is 2.52. The lowest BCUT2D eigenvalue weighted by Gasteiger charge is -2.15. The zero-order valence-electron chi connectivity index (χ0n) is 6.67. The lowest BCUT2D eigenvalue weighted by atomic mass is 10.2. The van der Waals surface area contributed by atoms with Gasteiger partial charge in [0.1, 0.15) is 18.3 Å². The van der Waals surface area contributed by atoms with E-state index in [1.54, 1.807) is 0 Å². The number of esters is 1. The molecule has 5 nitrogen and oxygen atoms in total. The van der Waals surface area contributed by atoms with E-state index in [1.165, 1.54) is 6.92 Å². The molecule has 0 saturated heterocycles. The minimum Gasteiger partial charge on any atom is -0.460 e. The maximum Gasteiger partial charge on any atom is 0.302 e. The molecule has 1 fully saturated rings. The van der Waals surface area contributed by atoms with Crippen molar-refractivity contribution >= 4 is 5.97 Å². The first kappa shape index (κ1) is 9.44. The van der Waals surface area contributed by atoms with E-state index in [0.29, 0.717) is 0 Å². The minimum absolute atomic E-state index is 0.0852. The highest BCUT2D eigenvalue weighted by atomic mass is 16.6. The molecule has 1 aliphatic carbocycles. The van der Waals surface area contributed by atoms with Crippen LogP contribution in [-0.2, 0) is 9.53 Å². The van der Waals surface area contributed by atoms with Gasteiger partial charge in [-0.05, 0) is 0 Å². The van der Waals surface area contributed by atoms with E-state index in [-0.39, 0.29) is 6.42 Å². The van der Waals surface area contributed by atoms with Crippen molar-refractivity contribution in [2.75, 3.05) is 0 Å². The van der Waals surface area contributed by atoms with Crippen LogP contribution in [0.2, 0.25) is 0 Å². The Labute approximate surface area is 69.6 Å². The predicted octanol–water partition coefficient (Wildman–Crippen LogP) is -1.60. The van der Waals surface area contributed by atoms with Crippen LogP contribution in [0.4, 0.5) is 0 Å². The molecule has 12 heavy (non-hydrogen) atoms. The molecule has 1 rings (SSSR count). The Morgan fingerprint density at radius 1 is 1.33 bits per heavy atom. The first-order valence-corrected chi connectivity index (χ1v) is 3.74. The molecule has 70 valence electrons. The van der Waals surface area contributed by atoms with Gasteiger partial charge in [0.15, 0.2) is 0 Å². The number of rotatable bonds is 1. The lowest BCUT2D eigenvalue weighted by Crippen LogP contribution is -2.34. The van der Waals surface area contributed by atoms with Gasteiger partial charge in [0.2, 0.25) is 0 Å². The molecule has 3 N–H and O–H groups in total. The van der Waals surface area contributed by atoms with Gasteiger partial charge in [-0.1, -0.05) is 0 Å². The average Bonchev–Trinajstić information content (AvgIpc) is 2.17. The van der Waals surface area contributed by atoms with Gasteiger partial charge in [0, 0.05) is 13.3 Å². The van der Waals surface area contributed by atoms with Gasteiger partial charge in [-0.25, -0.2) is 0 Å². The molecule has 4 atom stereocenters. The molecule has 5 heteroatoms. The fraction of sp³-hybridized carbons (Fsp3) is 0.857. The zero-order chi connectivity index (χ0) is 9.30. The summed E-state index contributed by atoms with van der Waals surface area (Å²) >= 11 is 0. The number of carbonyl (C=O) groups is 1. The maximum absolute atomic E-state index is 10.5. The molecular weight excluding hydrogens is 164 g/mol. The highest BCUT2D eigenvalue weighted by Crippen LogP contribution is 2.23. The lowest BCUT2D eigenvalue weighted by molar-refractivity contribution is -0.152. The first-order valence-electron chi connectivity index (χ1n) is 3.74. The summed E-state index contributed by atoms with van der Waals surface area (Å²) in [6.45, 7) is 1.21. The van der Waals surface area contributed by atoms with E-state index in [9.17, 15) is 9.90 Å². The van der Waals surface area contributed by atoms with E-state index >= 15 is 0 Å². The number of carbonyl (C=O) groups excluding carboxylic acids is 1. The maximum atomic E-state index is 10.5. The molecule has 0 spiro atoms. The molecule has 0 bridgehead atoms. The standard InChI is InChI=1S/C7H12O5/c1-3(8)12-5-2-4(9)6(10)7(5)11/h4-7,9-11H,2H2,1H3/t4-,5+,6+,7-/m0/s1. The first-order chi connectivity index (χ1) is 5.52. The number of aliphatic hydroxyl groups is 3. The highest BCUT2D eigenvalue weighted by molar-refractivity contribution is 5.66. The van der Waals surface area contributed by atoms with Crippen LogP contribution in [0.5, 0.6) is 0 Å². The van der Waals surface area contributed by atoms with Crippen molar-refractivity contribution in [3.05, 3.63) is 0 Å². The van der Waals surface area contributed by atoms with E-state index in [2.05, 4.69) is 4.74 Å². The van der Waals surface area contributed by atoms with Crippen molar-refractivity contribution in [1.29, 1.82) is 0 Å². The molecule has 1 aliphatic rings. The van der Waals surface area contributed by atoms with E-state index in [0.717, 1.165) is 0 Å². The second kappa shape index (κ2) is 3.38. The number of aliphatic hydroxyl groups excluding tert-OH is 3. The van der Waals surface area contributed by atoms with Gasteiger partial charge in [0.05, 0.1) is 6.10 Å². The fourth-order valence-electron chi connectivity index (χ4n) is 1.30. The summed E-state index contributed by atoms with van der Waals surface area (Å²) in [5.74, 6) is -0.527. The van der Waals surface area contributed by atoms with Crippen molar-refractivity contribution < 1.29 is 24.9 Å². The predicted molar refractivity (Wildman–Crippen MR) is 38.2 cm³/mol. The summed E-state index contributed by atoms with van der Waals surface area (Å²) in [5, 5.41) is 27.3. The van der Waals surface area contributed by atoms with Crippen LogP contribution in [0.15, 0.2) is 0 Å². The van der Waals surface area contributed by atoms with Crippen molar-refractivity contribution in [2.45, 2.75) is 37.8 Å². The molecule has 0 unspecified atom stereocenters. The van der Waals surface area contributed by atoms with Crippen LogP contribution in [-0.4, -0.2) is 45.7 Å². The Kier molecular flexibility index (Phi) is 2.66. The Bertz CT molecular complexity index is 181. The molecule has 0 heterocycles. The molecule has 0 aliphatic heterocycles. The fourth-order valence-corrected chi connectivity index (χ4v) is 1.30. The number of ether oxygens (including phenoxy) is 1. The molecule has 0 amide bonds. The summed E-state index contributed by atoms with van der Waals surface area (Å²) in [7, 11) is 0. The van der Waals surface area contributed by atoms with Crippen molar-refractivity contribution in [3.8, 4) is 0 Å². The van der Waals surface area contributed by atoms with Crippen LogP contribution in [0.3, 0.4) is 0 Å². The molecule has 0 aromatic rings. The molecular formula is C7H12O5. The van der Waals surface area contributed by atoms with Crippen LogP contribution >= 0.6 is 0 Å². The number of hydrogen-bond acceptors (Lipinski definition) is 5. The summed E-state index contributed by atoms with van der Waals surface area (Å²) in [6, 6.07) is 0. The van der Waals surface area contributed by atoms with Crippen LogP contribution in [0, 0.1) is 0 Å². The van der Waals surface area contributed by atoms with Gasteiger partial charge in [-0.3, -0.25) is 4.79 Å². The molecule has 0 aromatic heterocycles. The normalized spacial score (nSPS) is 41.3. The third kappa shape index (κ3) is 1.74. The van der Waals surface area contributed by atoms with E-state index < -0.39 is 30.4 Å². The van der Waals surface area contributed by atoms with Crippen LogP contribution in [0.25, 0.3) is 0 Å². The summed E-state index contributed by atoms with van der Waals surface area (Å²) < 4.78 is 4.66. The van der Waals surface area contributed by atoms with E-state index in [1.807, 2.05) is 0 Å². The largest absolute Gasteiger partial charge is 0.460 e. The van der Waals surface area contributed by atoms with Gasteiger partial charge in [0.25, 0.3) is 0 Å². The number of hydrogen-bond donors (Lipinski definition) is 3. The minimum atomic E-state index is -1.21. The summed E-state index contributed by atoms with van der Waals surface area (Å²) in [5.41, 5.74) is 0. The highest BCUT2D eigenvalue weighted by Gasteiger charge is 2.42. The zero-order valence-corrected chi connectivity index (χ0v) is 6.67. The van der Waals surface area contributed by atoms with E-state index in [4.69, 9.17) is 10.2 Å². The molecule has 1 saturated carbocycles. The van der Waals surface area contributed by atoms with Gasteiger partial charge in [-0.2, -0.15) is 0 Å². The Morgan fingerprint density at radius 2 is 1.92 bits per heavy atom. The summed E-state index contributed by atoms with van der Waals surface area (Å²) in [6.07, 6.45) is -4.10. The Morgan fingerprint density at radius 3 is 2.25 bits per heavy atom.